The van der Waals surface area contributed by atoms with Crippen molar-refractivity contribution in [2.24, 2.45) is 0 Å². The number of hydrogen-bond donors (Lipinski definition) is 1. The zero-order valence-corrected chi connectivity index (χ0v) is 25.7. The van der Waals surface area contributed by atoms with Crippen molar-refractivity contribution in [3.05, 3.63) is 92.0 Å². The second-order valence-electron chi connectivity index (χ2n) is 13.1. The smallest absolute Gasteiger partial charge is 0.295 e. The van der Waals surface area contributed by atoms with Crippen LogP contribution in [0.5, 0.6) is 11.5 Å². The minimum Gasteiger partial charge on any atom is -0.455 e. The summed E-state index contributed by atoms with van der Waals surface area (Å²) in [4.78, 5) is 27.3. The van der Waals surface area contributed by atoms with E-state index in [1.54, 1.807) is 12.1 Å². The summed E-state index contributed by atoms with van der Waals surface area (Å²) in [7, 11) is -4.76. The van der Waals surface area contributed by atoms with Gasteiger partial charge in [-0.1, -0.05) is 12.1 Å². The molecule has 9 rings (SSSR count). The summed E-state index contributed by atoms with van der Waals surface area (Å²) in [6.45, 7) is 4.06. The van der Waals surface area contributed by atoms with Gasteiger partial charge in [0.25, 0.3) is 10.1 Å². The Morgan fingerprint density at radius 1 is 0.800 bits per heavy atom. The lowest BCUT2D eigenvalue weighted by Crippen LogP contribution is -2.45. The SMILES string of the molecule is O=C1C=CC(=O)C1c1ccc(C2=c3cc4c5c(c3Oc3c2cc2c6c3CCCN6CCC2)CCC[N+]=5CCC4)c(S(=O)(=O)O)c1. The third-order valence-electron chi connectivity index (χ3n) is 10.6. The molecule has 0 saturated heterocycles. The van der Waals surface area contributed by atoms with E-state index >= 15 is 0 Å². The average molecular weight is 622 g/mol. The molecule has 45 heavy (non-hydrogen) atoms. The van der Waals surface area contributed by atoms with Gasteiger partial charge in [-0.15, -0.1) is 0 Å². The van der Waals surface area contributed by atoms with Crippen LogP contribution in [-0.4, -0.2) is 50.7 Å². The topological polar surface area (TPSA) is 104 Å². The monoisotopic (exact) mass is 621 g/mol. The van der Waals surface area contributed by atoms with E-state index in [2.05, 4.69) is 21.6 Å². The van der Waals surface area contributed by atoms with Gasteiger partial charge in [-0.3, -0.25) is 14.1 Å². The van der Waals surface area contributed by atoms with Crippen LogP contribution in [0.2, 0.25) is 0 Å². The minimum absolute atomic E-state index is 0.256. The number of aryl methyl sites for hydroxylation is 2. The number of carbonyl (C=O) groups is 2. The number of benzene rings is 3. The Morgan fingerprint density at radius 3 is 2.29 bits per heavy atom. The van der Waals surface area contributed by atoms with Gasteiger partial charge in [-0.05, 0) is 80.0 Å². The van der Waals surface area contributed by atoms with Crippen LogP contribution in [-0.2, 0) is 45.4 Å². The Bertz CT molecular complexity index is 2160. The maximum atomic E-state index is 13.2. The molecule has 1 N–H and O–H groups in total. The van der Waals surface area contributed by atoms with Crippen molar-refractivity contribution in [1.29, 1.82) is 0 Å². The van der Waals surface area contributed by atoms with Crippen molar-refractivity contribution in [3.8, 4) is 11.5 Å². The summed E-state index contributed by atoms with van der Waals surface area (Å²) in [5.41, 5.74) is 8.25. The number of fused-ring (bicyclic) bond motifs is 4. The van der Waals surface area contributed by atoms with Crippen LogP contribution in [0.15, 0.2) is 47.4 Å². The summed E-state index contributed by atoms with van der Waals surface area (Å²) in [6, 6.07) is 9.00. The Kier molecular flexibility index (Phi) is 5.88. The minimum atomic E-state index is -4.76. The molecule has 5 heterocycles. The molecular formula is C36H33N2O6S+. The van der Waals surface area contributed by atoms with Crippen molar-refractivity contribution in [2.75, 3.05) is 31.1 Å². The molecule has 3 aromatic rings. The molecule has 0 amide bonds. The second-order valence-corrected chi connectivity index (χ2v) is 14.5. The number of nitrogens with zero attached hydrogens (tertiary/aromatic N) is 2. The van der Waals surface area contributed by atoms with Gasteiger partial charge in [0.05, 0.1) is 5.56 Å². The fraction of sp³-hybridized carbons (Fsp3) is 0.361. The first kappa shape index (κ1) is 27.2. The highest BCUT2D eigenvalue weighted by Gasteiger charge is 2.38. The summed E-state index contributed by atoms with van der Waals surface area (Å²) >= 11 is 0. The maximum Gasteiger partial charge on any atom is 0.295 e. The van der Waals surface area contributed by atoms with Gasteiger partial charge in [0.1, 0.15) is 35.4 Å². The predicted molar refractivity (Wildman–Crippen MR) is 168 cm³/mol. The quantitative estimate of drug-likeness (QED) is 0.213. The fourth-order valence-electron chi connectivity index (χ4n) is 8.77. The average Bonchev–Trinajstić information content (AvgIpc) is 3.37. The Hall–Kier alpha value is -4.08. The number of hydrogen-bond acceptors (Lipinski definition) is 6. The molecule has 8 nitrogen and oxygen atoms in total. The van der Waals surface area contributed by atoms with Crippen LogP contribution in [0.1, 0.15) is 70.5 Å². The summed E-state index contributed by atoms with van der Waals surface area (Å²) < 4.78 is 46.6. The molecule has 0 unspecified atom stereocenters. The van der Waals surface area contributed by atoms with Crippen molar-refractivity contribution in [3.63, 3.8) is 0 Å². The first-order valence-corrected chi connectivity index (χ1v) is 17.5. The molecule has 0 bridgehead atoms. The molecule has 0 fully saturated rings. The molecule has 5 aliphatic heterocycles. The first-order chi connectivity index (χ1) is 21.8. The van der Waals surface area contributed by atoms with E-state index in [0.717, 1.165) is 105 Å². The molecule has 0 atom stereocenters. The maximum absolute atomic E-state index is 13.2. The summed E-state index contributed by atoms with van der Waals surface area (Å²) in [6.07, 6.45) is 10.2. The molecule has 9 heteroatoms. The zero-order chi connectivity index (χ0) is 30.6. The van der Waals surface area contributed by atoms with Crippen LogP contribution in [0, 0.1) is 0 Å². The third kappa shape index (κ3) is 3.99. The van der Waals surface area contributed by atoms with Crippen LogP contribution >= 0.6 is 0 Å². The van der Waals surface area contributed by atoms with E-state index < -0.39 is 27.6 Å². The third-order valence-corrected chi connectivity index (χ3v) is 11.4. The lowest BCUT2D eigenvalue weighted by molar-refractivity contribution is -0.122. The zero-order valence-electron chi connectivity index (χ0n) is 24.9. The molecule has 3 aromatic carbocycles. The molecule has 6 aliphatic rings. The van der Waals surface area contributed by atoms with Gasteiger partial charge in [0.15, 0.2) is 11.6 Å². The normalized spacial score (nSPS) is 20.1. The number of ether oxygens (including phenoxy) is 1. The Labute approximate surface area is 261 Å². The highest BCUT2D eigenvalue weighted by molar-refractivity contribution is 7.86. The number of anilines is 1. The van der Waals surface area contributed by atoms with E-state index in [1.807, 2.05) is 0 Å². The lowest BCUT2D eigenvalue weighted by atomic mass is 9.82. The molecule has 0 radical (unpaired) electrons. The van der Waals surface area contributed by atoms with Gasteiger partial charge in [0.2, 0.25) is 5.36 Å². The van der Waals surface area contributed by atoms with E-state index in [-0.39, 0.29) is 10.5 Å². The summed E-state index contributed by atoms with van der Waals surface area (Å²) in [5.74, 6) is -0.336. The number of carbonyl (C=O) groups excluding carboxylic acids is 2. The molecule has 1 aliphatic carbocycles. The van der Waals surface area contributed by atoms with E-state index in [1.165, 1.54) is 51.5 Å². The highest BCUT2D eigenvalue weighted by atomic mass is 32.2. The van der Waals surface area contributed by atoms with Gasteiger partial charge in [0, 0.05) is 64.7 Å². The largest absolute Gasteiger partial charge is 0.455 e. The highest BCUT2D eigenvalue weighted by Crippen LogP contribution is 2.49. The Balaban J connectivity index is 1.40. The van der Waals surface area contributed by atoms with E-state index in [0.29, 0.717) is 5.56 Å². The van der Waals surface area contributed by atoms with Crippen LogP contribution in [0.25, 0.3) is 5.57 Å². The molecular weight excluding hydrogens is 588 g/mol. The number of ketones is 2. The standard InChI is InChI=1S/C36H32N2O6S/c39-28-11-12-29(40)31(28)20-9-10-23(30(19-20)45(41,42)43)32-26-17-21-5-1-13-37-15-3-7-24(33(21)37)35(26)44-36-25-8-4-16-38-14-2-6-22(34(25)38)18-27(32)36/h9-12,17-19,31H,1-8,13-16H2/p+1. The summed E-state index contributed by atoms with van der Waals surface area (Å²) in [5, 5.41) is 2.10. The second kappa shape index (κ2) is 9.71. The molecule has 228 valence electrons. The Morgan fingerprint density at radius 2 is 1.51 bits per heavy atom. The van der Waals surface area contributed by atoms with E-state index in [9.17, 15) is 22.6 Å². The van der Waals surface area contributed by atoms with Crippen LogP contribution in [0.4, 0.5) is 5.69 Å². The van der Waals surface area contributed by atoms with Gasteiger partial charge in [-0.25, -0.2) is 4.58 Å². The van der Waals surface area contributed by atoms with Gasteiger partial charge in [-0.2, -0.15) is 8.42 Å². The van der Waals surface area contributed by atoms with Crippen molar-refractivity contribution >= 4 is 32.9 Å². The van der Waals surface area contributed by atoms with E-state index in [4.69, 9.17) is 4.74 Å². The molecule has 0 spiro atoms. The first-order valence-electron chi connectivity index (χ1n) is 16.1. The van der Waals surface area contributed by atoms with Crippen LogP contribution in [0.3, 0.4) is 0 Å². The number of rotatable bonds is 3. The molecule has 0 aromatic heterocycles. The molecule has 0 saturated carbocycles. The number of allylic oxidation sites excluding steroid dienone is 2. The van der Waals surface area contributed by atoms with Crippen LogP contribution < -0.4 is 24.8 Å². The lowest BCUT2D eigenvalue weighted by Gasteiger charge is -2.39. The van der Waals surface area contributed by atoms with Crippen molar-refractivity contribution in [2.45, 2.75) is 62.2 Å². The fourth-order valence-corrected chi connectivity index (χ4v) is 9.50. The predicted octanol–water partition coefficient (Wildman–Crippen LogP) is 3.16. The van der Waals surface area contributed by atoms with Gasteiger partial charge >= 0.3 is 0 Å². The van der Waals surface area contributed by atoms with Crippen molar-refractivity contribution < 1.29 is 27.3 Å². The van der Waals surface area contributed by atoms with Crippen molar-refractivity contribution in [1.82, 2.24) is 4.58 Å². The van der Waals surface area contributed by atoms with Gasteiger partial charge < -0.3 is 9.64 Å².